The van der Waals surface area contributed by atoms with Gasteiger partial charge in [0.05, 0.1) is 6.42 Å². The van der Waals surface area contributed by atoms with Crippen LogP contribution >= 0.6 is 0 Å². The van der Waals surface area contributed by atoms with Gasteiger partial charge in [0.1, 0.15) is 0 Å². The number of hydrogen-bond acceptors (Lipinski definition) is 5. The number of aryl methyl sites for hydroxylation is 2. The number of carbonyl (C=O) groups is 1. The third-order valence-corrected chi connectivity index (χ3v) is 3.70. The highest BCUT2D eigenvalue weighted by Gasteiger charge is 2.19. The Labute approximate surface area is 111 Å². The van der Waals surface area contributed by atoms with Crippen LogP contribution in [0.4, 0.5) is 5.95 Å². The average Bonchev–Trinajstić information content (AvgIpc) is 2.23. The molecule has 0 aliphatic heterocycles. The second-order valence-electron chi connectivity index (χ2n) is 4.05. The van der Waals surface area contributed by atoms with Crippen molar-refractivity contribution < 1.29 is 18.3 Å². The van der Waals surface area contributed by atoms with Crippen LogP contribution in [0.3, 0.4) is 0 Å². The molecule has 0 bridgehead atoms. The summed E-state index contributed by atoms with van der Waals surface area (Å²) in [7, 11) is -2.56. The van der Waals surface area contributed by atoms with Crippen LogP contribution in [-0.4, -0.2) is 47.4 Å². The highest BCUT2D eigenvalue weighted by Crippen LogP contribution is 2.08. The number of carboxylic acids is 1. The Morgan fingerprint density at radius 3 is 2.37 bits per heavy atom. The van der Waals surface area contributed by atoms with Crippen molar-refractivity contribution in [3.05, 3.63) is 17.5 Å². The van der Waals surface area contributed by atoms with Crippen LogP contribution in [0.1, 0.15) is 17.8 Å². The lowest BCUT2D eigenvalue weighted by molar-refractivity contribution is -0.137. The number of anilines is 1. The predicted octanol–water partition coefficient (Wildman–Crippen LogP) is 0.157. The van der Waals surface area contributed by atoms with Gasteiger partial charge in [0.25, 0.3) is 0 Å². The first-order valence-electron chi connectivity index (χ1n) is 5.49. The molecule has 1 heterocycles. The van der Waals surface area contributed by atoms with Crippen molar-refractivity contribution >= 4 is 22.1 Å². The minimum absolute atomic E-state index is 0.0281. The molecule has 0 radical (unpaired) electrons. The molecule has 1 aromatic rings. The van der Waals surface area contributed by atoms with Gasteiger partial charge >= 0.3 is 16.2 Å². The Kier molecular flexibility index (Phi) is 4.78. The lowest BCUT2D eigenvalue weighted by Gasteiger charge is -2.16. The van der Waals surface area contributed by atoms with E-state index in [1.165, 1.54) is 7.05 Å². The van der Waals surface area contributed by atoms with E-state index in [4.69, 9.17) is 5.11 Å². The van der Waals surface area contributed by atoms with E-state index in [1.807, 2.05) is 0 Å². The van der Waals surface area contributed by atoms with Crippen LogP contribution in [0.15, 0.2) is 6.07 Å². The Balaban J connectivity index is 2.81. The fourth-order valence-electron chi connectivity index (χ4n) is 1.34. The van der Waals surface area contributed by atoms with Gasteiger partial charge in [-0.05, 0) is 19.9 Å². The van der Waals surface area contributed by atoms with Crippen LogP contribution in [-0.2, 0) is 15.0 Å². The molecule has 0 saturated carbocycles. The van der Waals surface area contributed by atoms with Crippen LogP contribution in [0.2, 0.25) is 0 Å². The molecule has 0 amide bonds. The predicted molar refractivity (Wildman–Crippen MR) is 68.9 cm³/mol. The fraction of sp³-hybridized carbons (Fsp3) is 0.500. The Bertz CT molecular complexity index is 553. The normalized spacial score (nSPS) is 11.6. The van der Waals surface area contributed by atoms with E-state index in [2.05, 4.69) is 14.7 Å². The van der Waals surface area contributed by atoms with Gasteiger partial charge in [-0.2, -0.15) is 12.7 Å². The van der Waals surface area contributed by atoms with Gasteiger partial charge in [-0.25, -0.2) is 14.7 Å². The SMILES string of the molecule is Cc1cc(C)nc(NS(=O)(=O)N(C)CCC(=O)O)n1. The summed E-state index contributed by atoms with van der Waals surface area (Å²) < 4.78 is 26.9. The monoisotopic (exact) mass is 288 g/mol. The zero-order valence-corrected chi connectivity index (χ0v) is 11.7. The van der Waals surface area contributed by atoms with Gasteiger partial charge in [0.15, 0.2) is 0 Å². The topological polar surface area (TPSA) is 112 Å². The maximum absolute atomic E-state index is 11.9. The van der Waals surface area contributed by atoms with Crippen LogP contribution in [0.25, 0.3) is 0 Å². The molecule has 0 saturated heterocycles. The van der Waals surface area contributed by atoms with Crippen LogP contribution in [0.5, 0.6) is 0 Å². The van der Waals surface area contributed by atoms with Gasteiger partial charge in [-0.15, -0.1) is 0 Å². The zero-order valence-electron chi connectivity index (χ0n) is 10.9. The molecule has 0 fully saturated rings. The summed E-state index contributed by atoms with van der Waals surface area (Å²) in [4.78, 5) is 18.3. The van der Waals surface area contributed by atoms with E-state index in [0.29, 0.717) is 11.4 Å². The number of nitrogens with one attached hydrogen (secondary N) is 1. The van der Waals surface area contributed by atoms with Crippen molar-refractivity contribution in [2.24, 2.45) is 0 Å². The molecule has 0 aromatic carbocycles. The van der Waals surface area contributed by atoms with Crippen molar-refractivity contribution in [3.8, 4) is 0 Å². The second-order valence-corrected chi connectivity index (χ2v) is 5.82. The second kappa shape index (κ2) is 5.93. The van der Waals surface area contributed by atoms with E-state index in [9.17, 15) is 13.2 Å². The van der Waals surface area contributed by atoms with Crippen LogP contribution in [0, 0.1) is 13.8 Å². The summed E-state index contributed by atoms with van der Waals surface area (Å²) in [6.45, 7) is 3.32. The van der Waals surface area contributed by atoms with Crippen molar-refractivity contribution in [3.63, 3.8) is 0 Å². The molecule has 106 valence electrons. The number of carboxylic acid groups (broad SMARTS) is 1. The molecule has 9 heteroatoms. The van der Waals surface area contributed by atoms with E-state index < -0.39 is 16.2 Å². The summed E-state index contributed by atoms with van der Waals surface area (Å²) in [5.41, 5.74) is 1.27. The van der Waals surface area contributed by atoms with Gasteiger partial charge in [-0.3, -0.25) is 4.79 Å². The number of aromatic nitrogens is 2. The molecule has 0 atom stereocenters. The third kappa shape index (κ3) is 4.79. The lowest BCUT2D eigenvalue weighted by atomic mass is 10.4. The van der Waals surface area contributed by atoms with Gasteiger partial charge < -0.3 is 5.11 Å². The van der Waals surface area contributed by atoms with Crippen molar-refractivity contribution in [1.82, 2.24) is 14.3 Å². The molecule has 2 N–H and O–H groups in total. The average molecular weight is 288 g/mol. The van der Waals surface area contributed by atoms with Crippen molar-refractivity contribution in [1.29, 1.82) is 0 Å². The first kappa shape index (κ1) is 15.3. The minimum atomic E-state index is -3.85. The number of rotatable bonds is 6. The maximum atomic E-state index is 11.9. The number of nitrogens with zero attached hydrogens (tertiary/aromatic N) is 3. The lowest BCUT2D eigenvalue weighted by Crippen LogP contribution is -2.34. The molecule has 1 rings (SSSR count). The molecular formula is C10H16N4O4S. The van der Waals surface area contributed by atoms with E-state index in [1.54, 1.807) is 19.9 Å². The summed E-state index contributed by atoms with van der Waals surface area (Å²) in [6.07, 6.45) is -0.273. The van der Waals surface area contributed by atoms with E-state index >= 15 is 0 Å². The van der Waals surface area contributed by atoms with Gasteiger partial charge in [-0.1, -0.05) is 0 Å². The van der Waals surface area contributed by atoms with Crippen molar-refractivity contribution in [2.75, 3.05) is 18.3 Å². The molecular weight excluding hydrogens is 272 g/mol. The third-order valence-electron chi connectivity index (χ3n) is 2.25. The van der Waals surface area contributed by atoms with Gasteiger partial charge in [0, 0.05) is 25.0 Å². The number of aliphatic carboxylic acids is 1. The van der Waals surface area contributed by atoms with Gasteiger partial charge in [0.2, 0.25) is 5.95 Å². The highest BCUT2D eigenvalue weighted by molar-refractivity contribution is 7.90. The summed E-state index contributed by atoms with van der Waals surface area (Å²) >= 11 is 0. The minimum Gasteiger partial charge on any atom is -0.481 e. The maximum Gasteiger partial charge on any atom is 0.304 e. The zero-order chi connectivity index (χ0) is 14.6. The summed E-state index contributed by atoms with van der Waals surface area (Å²) in [6, 6.07) is 1.71. The Morgan fingerprint density at radius 2 is 1.89 bits per heavy atom. The molecule has 0 spiro atoms. The molecule has 8 nitrogen and oxygen atoms in total. The standard InChI is InChI=1S/C10H16N4O4S/c1-7-6-8(2)12-10(11-7)13-19(17,18)14(3)5-4-9(15)16/h6H,4-5H2,1-3H3,(H,15,16)(H,11,12,13). The first-order chi connectivity index (χ1) is 8.70. The quantitative estimate of drug-likeness (QED) is 0.771. The summed E-state index contributed by atoms with van der Waals surface area (Å²) in [5.74, 6) is -1.09. The summed E-state index contributed by atoms with van der Waals surface area (Å²) in [5, 5.41) is 8.52. The smallest absolute Gasteiger partial charge is 0.304 e. The number of hydrogen-bond donors (Lipinski definition) is 2. The van der Waals surface area contributed by atoms with E-state index in [0.717, 1.165) is 4.31 Å². The Morgan fingerprint density at radius 1 is 1.37 bits per heavy atom. The first-order valence-corrected chi connectivity index (χ1v) is 6.93. The largest absolute Gasteiger partial charge is 0.481 e. The highest BCUT2D eigenvalue weighted by atomic mass is 32.2. The van der Waals surface area contributed by atoms with E-state index in [-0.39, 0.29) is 18.9 Å². The van der Waals surface area contributed by atoms with Crippen LogP contribution < -0.4 is 4.72 Å². The molecule has 0 aliphatic carbocycles. The van der Waals surface area contributed by atoms with Crippen molar-refractivity contribution in [2.45, 2.75) is 20.3 Å². The molecule has 0 aliphatic rings. The Hall–Kier alpha value is -1.74. The fourth-order valence-corrected chi connectivity index (χ4v) is 2.15. The molecule has 1 aromatic heterocycles. The molecule has 0 unspecified atom stereocenters. The molecule has 19 heavy (non-hydrogen) atoms.